The summed E-state index contributed by atoms with van der Waals surface area (Å²) in [5.74, 6) is -0.681. The second-order valence-corrected chi connectivity index (χ2v) is 7.03. The molecular weight excluding hydrogens is 352 g/mol. The summed E-state index contributed by atoms with van der Waals surface area (Å²) in [6.45, 7) is 1.85. The molecule has 1 atom stereocenters. The third-order valence-corrected chi connectivity index (χ3v) is 5.11. The number of amides is 2. The number of fused-ring (bicyclic) bond motifs is 1. The zero-order valence-electron chi connectivity index (χ0n) is 15.5. The van der Waals surface area contributed by atoms with Crippen LogP contribution in [-0.4, -0.2) is 24.1 Å². The van der Waals surface area contributed by atoms with Crippen LogP contribution in [0.25, 0.3) is 10.8 Å². The lowest BCUT2D eigenvalue weighted by molar-refractivity contribution is -0.122. The number of anilines is 2. The molecular formula is C23H20N2O3. The summed E-state index contributed by atoms with van der Waals surface area (Å²) in [7, 11) is 0. The highest BCUT2D eigenvalue weighted by Crippen LogP contribution is 2.32. The smallest absolute Gasteiger partial charge is 0.229 e. The van der Waals surface area contributed by atoms with E-state index in [-0.39, 0.29) is 24.0 Å². The highest BCUT2D eigenvalue weighted by Gasteiger charge is 2.35. The van der Waals surface area contributed by atoms with Gasteiger partial charge in [0, 0.05) is 29.6 Å². The summed E-state index contributed by atoms with van der Waals surface area (Å²) in [6.07, 6.45) is 0.181. The van der Waals surface area contributed by atoms with E-state index < -0.39 is 5.92 Å². The van der Waals surface area contributed by atoms with Crippen molar-refractivity contribution in [3.05, 3.63) is 72.3 Å². The molecule has 28 heavy (non-hydrogen) atoms. The first-order valence-electron chi connectivity index (χ1n) is 9.23. The van der Waals surface area contributed by atoms with Crippen molar-refractivity contribution >= 4 is 39.7 Å². The van der Waals surface area contributed by atoms with Crippen LogP contribution in [0, 0.1) is 5.92 Å². The zero-order chi connectivity index (χ0) is 19.7. The van der Waals surface area contributed by atoms with E-state index in [4.69, 9.17) is 0 Å². The number of ketones is 1. The van der Waals surface area contributed by atoms with E-state index in [9.17, 15) is 14.4 Å². The van der Waals surface area contributed by atoms with Crippen LogP contribution in [0.1, 0.15) is 23.7 Å². The molecule has 140 valence electrons. The molecule has 1 aliphatic heterocycles. The molecule has 1 saturated heterocycles. The molecule has 3 aromatic carbocycles. The van der Waals surface area contributed by atoms with Crippen LogP contribution in [0.15, 0.2) is 66.7 Å². The van der Waals surface area contributed by atoms with Gasteiger partial charge in [-0.1, -0.05) is 36.4 Å². The first-order valence-corrected chi connectivity index (χ1v) is 9.23. The van der Waals surface area contributed by atoms with Gasteiger partial charge in [-0.15, -0.1) is 0 Å². The van der Waals surface area contributed by atoms with Crippen molar-refractivity contribution in [3.63, 3.8) is 0 Å². The van der Waals surface area contributed by atoms with Crippen molar-refractivity contribution in [1.29, 1.82) is 0 Å². The number of rotatable bonds is 4. The fraction of sp³-hybridized carbons (Fsp3) is 0.174. The molecule has 2 amide bonds. The van der Waals surface area contributed by atoms with Gasteiger partial charge in [0.15, 0.2) is 5.78 Å². The fourth-order valence-corrected chi connectivity index (χ4v) is 3.59. The minimum atomic E-state index is -0.418. The molecule has 3 aromatic rings. The molecule has 0 unspecified atom stereocenters. The monoisotopic (exact) mass is 372 g/mol. The van der Waals surface area contributed by atoms with Crippen LogP contribution in [-0.2, 0) is 9.59 Å². The topological polar surface area (TPSA) is 66.5 Å². The highest BCUT2D eigenvalue weighted by atomic mass is 16.2. The van der Waals surface area contributed by atoms with E-state index in [1.54, 1.807) is 29.2 Å². The fourth-order valence-electron chi connectivity index (χ4n) is 3.59. The SMILES string of the molecule is CC(=O)c1ccc(NC(=O)[C@H]2CC(=O)N(c3cccc4ccccc34)C2)cc1. The predicted octanol–water partition coefficient (Wildman–Crippen LogP) is 4.03. The molecule has 0 bridgehead atoms. The average Bonchev–Trinajstić information content (AvgIpc) is 3.09. The van der Waals surface area contributed by atoms with Crippen molar-refractivity contribution < 1.29 is 14.4 Å². The van der Waals surface area contributed by atoms with Crippen molar-refractivity contribution in [1.82, 2.24) is 0 Å². The maximum absolute atomic E-state index is 12.7. The quantitative estimate of drug-likeness (QED) is 0.703. The van der Waals surface area contributed by atoms with E-state index >= 15 is 0 Å². The lowest BCUT2D eigenvalue weighted by Gasteiger charge is -2.19. The number of carbonyl (C=O) groups excluding carboxylic acids is 3. The lowest BCUT2D eigenvalue weighted by atomic mass is 10.1. The molecule has 5 nitrogen and oxygen atoms in total. The Morgan fingerprint density at radius 3 is 2.43 bits per heavy atom. The Balaban J connectivity index is 1.51. The van der Waals surface area contributed by atoms with Crippen molar-refractivity contribution in [3.8, 4) is 0 Å². The minimum Gasteiger partial charge on any atom is -0.326 e. The lowest BCUT2D eigenvalue weighted by Crippen LogP contribution is -2.28. The van der Waals surface area contributed by atoms with Crippen LogP contribution >= 0.6 is 0 Å². The summed E-state index contributed by atoms with van der Waals surface area (Å²) in [5, 5.41) is 4.91. The molecule has 1 heterocycles. The maximum atomic E-state index is 12.7. The van der Waals surface area contributed by atoms with E-state index in [2.05, 4.69) is 5.32 Å². The van der Waals surface area contributed by atoms with Gasteiger partial charge >= 0.3 is 0 Å². The molecule has 0 saturated carbocycles. The Labute approximate surface area is 163 Å². The molecule has 0 aromatic heterocycles. The van der Waals surface area contributed by atoms with E-state index in [1.807, 2.05) is 42.5 Å². The molecule has 0 aliphatic carbocycles. The van der Waals surface area contributed by atoms with Crippen LogP contribution in [0.3, 0.4) is 0 Å². The number of carbonyl (C=O) groups is 3. The van der Waals surface area contributed by atoms with Gasteiger partial charge in [0.2, 0.25) is 11.8 Å². The Morgan fingerprint density at radius 2 is 1.68 bits per heavy atom. The average molecular weight is 372 g/mol. The molecule has 0 radical (unpaired) electrons. The number of nitrogens with zero attached hydrogens (tertiary/aromatic N) is 1. The highest BCUT2D eigenvalue weighted by molar-refractivity contribution is 6.08. The van der Waals surface area contributed by atoms with Gasteiger partial charge in [0.05, 0.1) is 11.6 Å². The maximum Gasteiger partial charge on any atom is 0.229 e. The van der Waals surface area contributed by atoms with Gasteiger partial charge in [0.25, 0.3) is 0 Å². The minimum absolute atomic E-state index is 0.0232. The molecule has 4 rings (SSSR count). The van der Waals surface area contributed by atoms with Crippen molar-refractivity contribution in [2.24, 2.45) is 5.92 Å². The van der Waals surface area contributed by atoms with Gasteiger partial charge in [-0.25, -0.2) is 0 Å². The van der Waals surface area contributed by atoms with E-state index in [0.717, 1.165) is 16.5 Å². The largest absolute Gasteiger partial charge is 0.326 e. The summed E-state index contributed by atoms with van der Waals surface area (Å²) >= 11 is 0. The standard InChI is InChI=1S/C23H20N2O3/c1-15(26)16-9-11-19(12-10-16)24-23(28)18-13-22(27)25(14-18)21-8-4-6-17-5-2-3-7-20(17)21/h2-12,18H,13-14H2,1H3,(H,24,28)/t18-/m0/s1. The van der Waals surface area contributed by atoms with Gasteiger partial charge in [-0.3, -0.25) is 14.4 Å². The van der Waals surface area contributed by atoms with Gasteiger partial charge in [-0.2, -0.15) is 0 Å². The Kier molecular flexibility index (Phi) is 4.65. The summed E-state index contributed by atoms with van der Waals surface area (Å²) in [5.41, 5.74) is 2.05. The third kappa shape index (κ3) is 3.39. The number of hydrogen-bond acceptors (Lipinski definition) is 3. The molecule has 0 spiro atoms. The first kappa shape index (κ1) is 17.9. The zero-order valence-corrected chi connectivity index (χ0v) is 15.5. The molecule has 1 aliphatic rings. The number of Topliss-reactive ketones (excluding diaryl/α,β-unsaturated/α-hetero) is 1. The third-order valence-electron chi connectivity index (χ3n) is 5.11. The molecule has 5 heteroatoms. The number of hydrogen-bond donors (Lipinski definition) is 1. The summed E-state index contributed by atoms with van der Waals surface area (Å²) in [4.78, 5) is 38.3. The van der Waals surface area contributed by atoms with Crippen LogP contribution < -0.4 is 10.2 Å². The van der Waals surface area contributed by atoms with Crippen LogP contribution in [0.2, 0.25) is 0 Å². The Morgan fingerprint density at radius 1 is 0.964 bits per heavy atom. The van der Waals surface area contributed by atoms with Gasteiger partial charge in [-0.05, 0) is 42.6 Å². The normalized spacial score (nSPS) is 16.4. The van der Waals surface area contributed by atoms with E-state index in [0.29, 0.717) is 17.8 Å². The molecule has 1 fully saturated rings. The summed E-state index contributed by atoms with van der Waals surface area (Å²) < 4.78 is 0. The first-order chi connectivity index (χ1) is 13.5. The second kappa shape index (κ2) is 7.27. The van der Waals surface area contributed by atoms with Crippen LogP contribution in [0.5, 0.6) is 0 Å². The second-order valence-electron chi connectivity index (χ2n) is 7.03. The number of benzene rings is 3. The van der Waals surface area contributed by atoms with Crippen LogP contribution in [0.4, 0.5) is 11.4 Å². The predicted molar refractivity (Wildman–Crippen MR) is 109 cm³/mol. The van der Waals surface area contributed by atoms with Gasteiger partial charge in [0.1, 0.15) is 0 Å². The van der Waals surface area contributed by atoms with E-state index in [1.165, 1.54) is 6.92 Å². The summed E-state index contributed by atoms with van der Waals surface area (Å²) in [6, 6.07) is 20.5. The Bertz CT molecular complexity index is 1070. The number of nitrogens with one attached hydrogen (secondary N) is 1. The van der Waals surface area contributed by atoms with Gasteiger partial charge < -0.3 is 10.2 Å². The Hall–Kier alpha value is -3.47. The van der Waals surface area contributed by atoms with Crippen molar-refractivity contribution in [2.45, 2.75) is 13.3 Å². The molecule has 1 N–H and O–H groups in total. The van der Waals surface area contributed by atoms with Crippen molar-refractivity contribution in [2.75, 3.05) is 16.8 Å².